The highest BCUT2D eigenvalue weighted by Gasteiger charge is 2.29. The van der Waals surface area contributed by atoms with Gasteiger partial charge in [0.15, 0.2) is 0 Å². The zero-order valence-electron chi connectivity index (χ0n) is 10.7. The van der Waals surface area contributed by atoms with E-state index in [1.54, 1.807) is 6.92 Å². The van der Waals surface area contributed by atoms with E-state index in [0.717, 1.165) is 0 Å². The van der Waals surface area contributed by atoms with Gasteiger partial charge in [-0.15, -0.1) is 0 Å². The molecule has 0 saturated carbocycles. The fourth-order valence-electron chi connectivity index (χ4n) is 1.96. The monoisotopic (exact) mass is 244 g/mol. The number of carbonyl (C=O) groups is 2. The number of nitrogens with one attached hydrogen (secondary N) is 1. The van der Waals surface area contributed by atoms with Crippen LogP contribution >= 0.6 is 0 Å². The maximum Gasteiger partial charge on any atom is 0.413 e. The van der Waals surface area contributed by atoms with Crippen LogP contribution in [0, 0.1) is 0 Å². The van der Waals surface area contributed by atoms with Crippen molar-refractivity contribution < 1.29 is 19.1 Å². The van der Waals surface area contributed by atoms with Crippen LogP contribution in [-0.2, 0) is 14.3 Å². The first-order valence-electron chi connectivity index (χ1n) is 5.72. The SMILES string of the molecule is COC(=O)NC(=O)[C@H](C)N1C[C@@H](C)O[C@H](C)C1. The number of hydrogen-bond acceptors (Lipinski definition) is 5. The van der Waals surface area contributed by atoms with E-state index in [2.05, 4.69) is 10.1 Å². The van der Waals surface area contributed by atoms with E-state index in [4.69, 9.17) is 4.74 Å². The van der Waals surface area contributed by atoms with Gasteiger partial charge in [-0.25, -0.2) is 4.79 Å². The summed E-state index contributed by atoms with van der Waals surface area (Å²) in [5.41, 5.74) is 0. The Labute approximate surface area is 101 Å². The Morgan fingerprint density at radius 3 is 2.35 bits per heavy atom. The molecule has 1 aliphatic heterocycles. The fraction of sp³-hybridized carbons (Fsp3) is 0.818. The first kappa shape index (κ1) is 13.9. The highest BCUT2D eigenvalue weighted by atomic mass is 16.5. The number of morpholine rings is 1. The van der Waals surface area contributed by atoms with Gasteiger partial charge in [-0.3, -0.25) is 15.0 Å². The van der Waals surface area contributed by atoms with Crippen LogP contribution < -0.4 is 5.32 Å². The van der Waals surface area contributed by atoms with E-state index in [0.29, 0.717) is 13.1 Å². The molecule has 6 heteroatoms. The Kier molecular flexibility index (Phi) is 4.89. The Hall–Kier alpha value is -1.14. The topological polar surface area (TPSA) is 67.9 Å². The van der Waals surface area contributed by atoms with E-state index in [1.807, 2.05) is 18.7 Å². The highest BCUT2D eigenvalue weighted by Crippen LogP contribution is 2.13. The number of ether oxygens (including phenoxy) is 2. The standard InChI is InChI=1S/C11H20N2O4/c1-7-5-13(6-8(2)17-7)9(3)10(14)12-11(15)16-4/h7-9H,5-6H2,1-4H3,(H,12,14,15)/t7-,8-,9+/m1/s1. The molecular weight excluding hydrogens is 224 g/mol. The summed E-state index contributed by atoms with van der Waals surface area (Å²) >= 11 is 0. The first-order valence-corrected chi connectivity index (χ1v) is 5.72. The molecule has 17 heavy (non-hydrogen) atoms. The van der Waals surface area contributed by atoms with Crippen LogP contribution in [0.4, 0.5) is 4.79 Å². The van der Waals surface area contributed by atoms with Crippen LogP contribution in [0.2, 0.25) is 0 Å². The lowest BCUT2D eigenvalue weighted by Gasteiger charge is -2.38. The molecule has 0 aliphatic carbocycles. The first-order chi connectivity index (χ1) is 7.93. The molecule has 1 fully saturated rings. The van der Waals surface area contributed by atoms with Crippen LogP contribution in [0.3, 0.4) is 0 Å². The fourth-order valence-corrected chi connectivity index (χ4v) is 1.96. The molecule has 0 aromatic heterocycles. The van der Waals surface area contributed by atoms with Gasteiger partial charge >= 0.3 is 6.09 Å². The Morgan fingerprint density at radius 2 is 1.88 bits per heavy atom. The Morgan fingerprint density at radius 1 is 1.35 bits per heavy atom. The van der Waals surface area contributed by atoms with Crippen LogP contribution in [0.1, 0.15) is 20.8 Å². The molecule has 1 rings (SSSR count). The van der Waals surface area contributed by atoms with E-state index < -0.39 is 6.09 Å². The number of methoxy groups -OCH3 is 1. The third-order valence-corrected chi connectivity index (χ3v) is 2.79. The second-order valence-electron chi connectivity index (χ2n) is 4.37. The quantitative estimate of drug-likeness (QED) is 0.760. The van der Waals surface area contributed by atoms with Crippen LogP contribution in [0.5, 0.6) is 0 Å². The van der Waals surface area contributed by atoms with Gasteiger partial charge in [-0.05, 0) is 20.8 Å². The van der Waals surface area contributed by atoms with Gasteiger partial charge in [0.05, 0.1) is 25.4 Å². The van der Waals surface area contributed by atoms with Crippen molar-refractivity contribution in [3.8, 4) is 0 Å². The molecule has 98 valence electrons. The molecule has 1 heterocycles. The second-order valence-corrected chi connectivity index (χ2v) is 4.37. The normalized spacial score (nSPS) is 27.3. The third kappa shape index (κ3) is 3.98. The molecule has 0 aromatic carbocycles. The zero-order valence-corrected chi connectivity index (χ0v) is 10.7. The van der Waals surface area contributed by atoms with Gasteiger partial charge in [0.2, 0.25) is 5.91 Å². The minimum Gasteiger partial charge on any atom is -0.453 e. The number of hydrogen-bond donors (Lipinski definition) is 1. The summed E-state index contributed by atoms with van der Waals surface area (Å²) < 4.78 is 9.97. The molecule has 1 aliphatic rings. The molecular formula is C11H20N2O4. The van der Waals surface area contributed by atoms with Gasteiger partial charge < -0.3 is 9.47 Å². The van der Waals surface area contributed by atoms with Crippen molar-refractivity contribution in [2.75, 3.05) is 20.2 Å². The molecule has 0 bridgehead atoms. The molecule has 0 aromatic rings. The summed E-state index contributed by atoms with van der Waals surface area (Å²) in [4.78, 5) is 24.7. The lowest BCUT2D eigenvalue weighted by atomic mass is 10.1. The summed E-state index contributed by atoms with van der Waals surface area (Å²) in [7, 11) is 1.23. The van der Waals surface area contributed by atoms with E-state index in [1.165, 1.54) is 7.11 Å². The number of rotatable bonds is 2. The van der Waals surface area contributed by atoms with Crippen molar-refractivity contribution in [1.82, 2.24) is 10.2 Å². The average Bonchev–Trinajstić information content (AvgIpc) is 2.26. The smallest absolute Gasteiger partial charge is 0.413 e. The molecule has 3 atom stereocenters. The predicted octanol–water partition coefficient (Wildman–Crippen LogP) is 0.367. The molecule has 6 nitrogen and oxygen atoms in total. The van der Waals surface area contributed by atoms with Crippen molar-refractivity contribution in [2.24, 2.45) is 0 Å². The zero-order chi connectivity index (χ0) is 13.0. The summed E-state index contributed by atoms with van der Waals surface area (Å²) in [6.07, 6.45) is -0.546. The maximum atomic E-state index is 11.7. The maximum absolute atomic E-state index is 11.7. The Bertz CT molecular complexity index is 285. The number of carbonyl (C=O) groups excluding carboxylic acids is 2. The molecule has 1 N–H and O–H groups in total. The van der Waals surface area contributed by atoms with Crippen LogP contribution in [0.25, 0.3) is 0 Å². The second kappa shape index (κ2) is 5.97. The van der Waals surface area contributed by atoms with Crippen molar-refractivity contribution in [1.29, 1.82) is 0 Å². The lowest BCUT2D eigenvalue weighted by molar-refractivity contribution is -0.131. The minimum atomic E-state index is -0.726. The highest BCUT2D eigenvalue weighted by molar-refractivity contribution is 5.94. The summed E-state index contributed by atoms with van der Waals surface area (Å²) in [6, 6.07) is -0.372. The molecule has 0 radical (unpaired) electrons. The van der Waals surface area contributed by atoms with E-state index in [-0.39, 0.29) is 24.2 Å². The summed E-state index contributed by atoms with van der Waals surface area (Å²) in [5, 5.41) is 2.17. The number of nitrogens with zero attached hydrogens (tertiary/aromatic N) is 1. The van der Waals surface area contributed by atoms with Crippen molar-refractivity contribution in [3.63, 3.8) is 0 Å². The predicted molar refractivity (Wildman–Crippen MR) is 61.6 cm³/mol. The van der Waals surface area contributed by atoms with E-state index in [9.17, 15) is 9.59 Å². The third-order valence-electron chi connectivity index (χ3n) is 2.79. The summed E-state index contributed by atoms with van der Waals surface area (Å²) in [6.45, 7) is 7.06. The van der Waals surface area contributed by atoms with E-state index >= 15 is 0 Å². The van der Waals surface area contributed by atoms with Gasteiger partial charge in [0, 0.05) is 13.1 Å². The molecule has 2 amide bonds. The molecule has 0 spiro atoms. The number of imide groups is 1. The van der Waals surface area contributed by atoms with Gasteiger partial charge in [-0.1, -0.05) is 0 Å². The van der Waals surface area contributed by atoms with Crippen molar-refractivity contribution >= 4 is 12.0 Å². The number of amides is 2. The molecule has 1 saturated heterocycles. The lowest BCUT2D eigenvalue weighted by Crippen LogP contribution is -2.54. The van der Waals surface area contributed by atoms with Crippen LogP contribution in [-0.4, -0.2) is 55.3 Å². The van der Waals surface area contributed by atoms with Gasteiger partial charge in [0.1, 0.15) is 0 Å². The van der Waals surface area contributed by atoms with Crippen molar-refractivity contribution in [3.05, 3.63) is 0 Å². The summed E-state index contributed by atoms with van der Waals surface area (Å²) in [5.74, 6) is -0.349. The number of alkyl carbamates (subject to hydrolysis) is 1. The van der Waals surface area contributed by atoms with Gasteiger partial charge in [-0.2, -0.15) is 0 Å². The van der Waals surface area contributed by atoms with Gasteiger partial charge in [0.25, 0.3) is 0 Å². The molecule has 0 unspecified atom stereocenters. The average molecular weight is 244 g/mol. The van der Waals surface area contributed by atoms with Crippen LogP contribution in [0.15, 0.2) is 0 Å². The minimum absolute atomic E-state index is 0.0899. The Balaban J connectivity index is 2.53. The van der Waals surface area contributed by atoms with Crippen molar-refractivity contribution in [2.45, 2.75) is 39.0 Å². The largest absolute Gasteiger partial charge is 0.453 e.